The molecule has 1 atom stereocenters. The number of nitrogens with zero attached hydrogens (tertiary/aromatic N) is 1. The number of aliphatic carboxylic acids is 1. The first-order chi connectivity index (χ1) is 8.40. The van der Waals surface area contributed by atoms with E-state index in [2.05, 4.69) is 10.3 Å². The summed E-state index contributed by atoms with van der Waals surface area (Å²) in [5.74, 6) is -0.499. The van der Waals surface area contributed by atoms with E-state index in [4.69, 9.17) is 9.84 Å². The second kappa shape index (κ2) is 4.29. The number of rotatable bonds is 3. The highest BCUT2D eigenvalue weighted by Crippen LogP contribution is 2.31. The van der Waals surface area contributed by atoms with Crippen molar-refractivity contribution in [3.05, 3.63) is 18.3 Å². The van der Waals surface area contributed by atoms with Gasteiger partial charge >= 0.3 is 5.97 Å². The van der Waals surface area contributed by atoms with Crippen molar-refractivity contribution in [1.29, 1.82) is 0 Å². The van der Waals surface area contributed by atoms with Crippen LogP contribution in [0.3, 0.4) is 0 Å². The van der Waals surface area contributed by atoms with E-state index in [-0.39, 0.29) is 12.3 Å². The highest BCUT2D eigenvalue weighted by atomic mass is 16.5. The Balaban J connectivity index is 2.18. The maximum atomic E-state index is 11.8. The molecule has 2 N–H and O–H groups in total. The van der Waals surface area contributed by atoms with Crippen LogP contribution in [0, 0.1) is 5.41 Å². The maximum Gasteiger partial charge on any atom is 0.309 e. The molecule has 1 amide bonds. The van der Waals surface area contributed by atoms with Crippen LogP contribution in [-0.4, -0.2) is 28.1 Å². The Hall–Kier alpha value is -2.11. The van der Waals surface area contributed by atoms with Crippen LogP contribution in [0.5, 0.6) is 5.75 Å². The second-order valence-corrected chi connectivity index (χ2v) is 4.84. The SMILES string of the molecule is CC(C)(CC1Oc2cccnc2NC1=O)C(=O)O. The lowest BCUT2D eigenvalue weighted by atomic mass is 9.86. The Labute approximate surface area is 104 Å². The van der Waals surface area contributed by atoms with Gasteiger partial charge in [0.25, 0.3) is 5.91 Å². The lowest BCUT2D eigenvalue weighted by molar-refractivity contribution is -0.149. The predicted molar refractivity (Wildman–Crippen MR) is 63.3 cm³/mol. The largest absolute Gasteiger partial charge is 0.481 e. The Kier molecular flexibility index (Phi) is 2.94. The normalized spacial score (nSPS) is 18.6. The van der Waals surface area contributed by atoms with Gasteiger partial charge in [-0.1, -0.05) is 0 Å². The van der Waals surface area contributed by atoms with Crippen LogP contribution in [0.1, 0.15) is 20.3 Å². The number of aromatic nitrogens is 1. The molecule has 0 bridgehead atoms. The molecule has 0 radical (unpaired) electrons. The molecule has 18 heavy (non-hydrogen) atoms. The number of anilines is 1. The fourth-order valence-corrected chi connectivity index (χ4v) is 1.67. The van der Waals surface area contributed by atoms with E-state index in [0.29, 0.717) is 11.6 Å². The van der Waals surface area contributed by atoms with E-state index in [1.807, 2.05) is 0 Å². The van der Waals surface area contributed by atoms with Crippen LogP contribution in [0.15, 0.2) is 18.3 Å². The number of carbonyl (C=O) groups is 2. The first kappa shape index (κ1) is 12.3. The number of pyridine rings is 1. The molecule has 0 fully saturated rings. The summed E-state index contributed by atoms with van der Waals surface area (Å²) >= 11 is 0. The summed E-state index contributed by atoms with van der Waals surface area (Å²) in [7, 11) is 0. The summed E-state index contributed by atoms with van der Waals surface area (Å²) in [6.45, 7) is 3.12. The molecule has 0 saturated carbocycles. The topological polar surface area (TPSA) is 88.5 Å². The third-order valence-corrected chi connectivity index (χ3v) is 2.85. The van der Waals surface area contributed by atoms with Gasteiger partial charge < -0.3 is 15.2 Å². The molecule has 0 saturated heterocycles. The quantitative estimate of drug-likeness (QED) is 0.843. The number of nitrogens with one attached hydrogen (secondary N) is 1. The molecule has 6 heteroatoms. The summed E-state index contributed by atoms with van der Waals surface area (Å²) in [5, 5.41) is 11.7. The van der Waals surface area contributed by atoms with E-state index in [0.717, 1.165) is 0 Å². The lowest BCUT2D eigenvalue weighted by Gasteiger charge is -2.29. The maximum absolute atomic E-state index is 11.8. The van der Waals surface area contributed by atoms with Crippen molar-refractivity contribution in [2.45, 2.75) is 26.4 Å². The van der Waals surface area contributed by atoms with Gasteiger partial charge in [-0.05, 0) is 26.0 Å². The molecule has 0 aromatic carbocycles. The van der Waals surface area contributed by atoms with Gasteiger partial charge in [-0.2, -0.15) is 0 Å². The monoisotopic (exact) mass is 250 g/mol. The number of carbonyl (C=O) groups excluding carboxylic acids is 1. The number of hydrogen-bond acceptors (Lipinski definition) is 4. The van der Waals surface area contributed by atoms with Crippen molar-refractivity contribution < 1.29 is 19.4 Å². The van der Waals surface area contributed by atoms with Gasteiger partial charge in [-0.3, -0.25) is 9.59 Å². The van der Waals surface area contributed by atoms with Crippen LogP contribution in [0.4, 0.5) is 5.82 Å². The minimum absolute atomic E-state index is 0.0997. The molecule has 2 rings (SSSR count). The van der Waals surface area contributed by atoms with Gasteiger partial charge in [0.2, 0.25) is 0 Å². The molecule has 0 spiro atoms. The van der Waals surface area contributed by atoms with Crippen LogP contribution in [-0.2, 0) is 9.59 Å². The Bertz CT molecular complexity index is 499. The number of hydrogen-bond donors (Lipinski definition) is 2. The lowest BCUT2D eigenvalue weighted by Crippen LogP contribution is -2.42. The van der Waals surface area contributed by atoms with Gasteiger partial charge in [-0.15, -0.1) is 0 Å². The van der Waals surface area contributed by atoms with Crippen LogP contribution in [0.25, 0.3) is 0 Å². The average Bonchev–Trinajstić information content (AvgIpc) is 2.29. The number of carboxylic acid groups (broad SMARTS) is 1. The van der Waals surface area contributed by atoms with E-state index >= 15 is 0 Å². The van der Waals surface area contributed by atoms with Gasteiger partial charge in [-0.25, -0.2) is 4.98 Å². The highest BCUT2D eigenvalue weighted by Gasteiger charge is 2.37. The zero-order chi connectivity index (χ0) is 13.3. The fourth-order valence-electron chi connectivity index (χ4n) is 1.67. The van der Waals surface area contributed by atoms with Crippen molar-refractivity contribution >= 4 is 17.7 Å². The number of fused-ring (bicyclic) bond motifs is 1. The van der Waals surface area contributed by atoms with Crippen molar-refractivity contribution in [2.24, 2.45) is 5.41 Å². The van der Waals surface area contributed by atoms with Crippen LogP contribution in [0.2, 0.25) is 0 Å². The summed E-state index contributed by atoms with van der Waals surface area (Å²) < 4.78 is 5.49. The zero-order valence-corrected chi connectivity index (χ0v) is 10.1. The molecule has 1 aliphatic rings. The Morgan fingerprint density at radius 1 is 1.61 bits per heavy atom. The number of carboxylic acids is 1. The molecule has 2 heterocycles. The summed E-state index contributed by atoms with van der Waals surface area (Å²) in [4.78, 5) is 26.8. The van der Waals surface area contributed by atoms with Crippen LogP contribution >= 0.6 is 0 Å². The molecule has 1 aromatic heterocycles. The Morgan fingerprint density at radius 3 is 3.00 bits per heavy atom. The van der Waals surface area contributed by atoms with E-state index in [1.54, 1.807) is 32.2 Å². The van der Waals surface area contributed by atoms with Crippen LogP contribution < -0.4 is 10.1 Å². The number of amides is 1. The van der Waals surface area contributed by atoms with E-state index in [9.17, 15) is 9.59 Å². The molecule has 1 aliphatic heterocycles. The fraction of sp³-hybridized carbons (Fsp3) is 0.417. The summed E-state index contributed by atoms with van der Waals surface area (Å²) in [5.41, 5.74) is -1.03. The minimum Gasteiger partial charge on any atom is -0.481 e. The van der Waals surface area contributed by atoms with Crippen molar-refractivity contribution in [2.75, 3.05) is 5.32 Å². The third kappa shape index (κ3) is 2.27. The van der Waals surface area contributed by atoms with Crippen molar-refractivity contribution in [1.82, 2.24) is 4.98 Å². The molecule has 1 unspecified atom stereocenters. The molecule has 6 nitrogen and oxygen atoms in total. The van der Waals surface area contributed by atoms with Crippen molar-refractivity contribution in [3.63, 3.8) is 0 Å². The smallest absolute Gasteiger partial charge is 0.309 e. The zero-order valence-electron chi connectivity index (χ0n) is 10.1. The van der Waals surface area contributed by atoms with E-state index < -0.39 is 17.5 Å². The second-order valence-electron chi connectivity index (χ2n) is 4.84. The average molecular weight is 250 g/mol. The third-order valence-electron chi connectivity index (χ3n) is 2.85. The Morgan fingerprint density at radius 2 is 2.33 bits per heavy atom. The standard InChI is InChI=1S/C12H14N2O4/c1-12(2,11(16)17)6-8-10(15)14-9-7(18-8)4-3-5-13-9/h3-5,8H,6H2,1-2H3,(H,16,17)(H,13,14,15). The van der Waals surface area contributed by atoms with Gasteiger partial charge in [0.15, 0.2) is 17.7 Å². The molecule has 0 aliphatic carbocycles. The first-order valence-electron chi connectivity index (χ1n) is 5.56. The molecule has 96 valence electrons. The van der Waals surface area contributed by atoms with Gasteiger partial charge in [0.05, 0.1) is 5.41 Å². The first-order valence-corrected chi connectivity index (χ1v) is 5.56. The van der Waals surface area contributed by atoms with Gasteiger partial charge in [0, 0.05) is 12.6 Å². The summed E-state index contributed by atoms with van der Waals surface area (Å²) in [6, 6.07) is 3.37. The minimum atomic E-state index is -1.03. The van der Waals surface area contributed by atoms with E-state index in [1.165, 1.54) is 0 Å². The van der Waals surface area contributed by atoms with Crippen molar-refractivity contribution in [3.8, 4) is 5.75 Å². The molecular formula is C12H14N2O4. The molecular weight excluding hydrogens is 236 g/mol. The summed E-state index contributed by atoms with van der Waals surface area (Å²) in [6.07, 6.45) is 0.833. The molecule has 1 aromatic rings. The number of ether oxygens (including phenoxy) is 1. The van der Waals surface area contributed by atoms with Gasteiger partial charge in [0.1, 0.15) is 0 Å². The highest BCUT2D eigenvalue weighted by molar-refractivity contribution is 5.97. The predicted octanol–water partition coefficient (Wildman–Crippen LogP) is 1.28.